The number of halogens is 4. The normalized spacial score (nSPS) is 21.8. The fourth-order valence-electron chi connectivity index (χ4n) is 4.65. The lowest BCUT2D eigenvalue weighted by molar-refractivity contribution is -0.165. The van der Waals surface area contributed by atoms with E-state index in [4.69, 9.17) is 0 Å². The number of likely N-dealkylation sites (tertiary alicyclic amines) is 2. The van der Waals surface area contributed by atoms with Crippen molar-refractivity contribution in [2.75, 3.05) is 13.1 Å². The lowest BCUT2D eigenvalue weighted by Crippen LogP contribution is -2.59. The lowest BCUT2D eigenvalue weighted by atomic mass is 9.72. The highest BCUT2D eigenvalue weighted by atomic mass is 19.2. The predicted octanol–water partition coefficient (Wildman–Crippen LogP) is 4.17. The molecule has 0 aromatic heterocycles. The standard InChI is InChI=1S/C23H22F4N2O2/c24-17-6-2-7-18(25)16(17)14-29-12-4-10-23(22(29)31)9-3-11-28(21(23)30)13-15-5-1-8-19(26)20(15)27/h1-2,5-8H,3-4,9-14H2. The Bertz CT molecular complexity index is 1000. The molecule has 0 aliphatic carbocycles. The molecule has 0 bridgehead atoms. The first-order valence-electron chi connectivity index (χ1n) is 10.3. The quantitative estimate of drug-likeness (QED) is 0.535. The summed E-state index contributed by atoms with van der Waals surface area (Å²) < 4.78 is 55.9. The van der Waals surface area contributed by atoms with E-state index in [9.17, 15) is 27.2 Å². The van der Waals surface area contributed by atoms with Crippen molar-refractivity contribution in [2.24, 2.45) is 5.41 Å². The molecule has 1 unspecified atom stereocenters. The maximum Gasteiger partial charge on any atom is 0.238 e. The molecule has 2 aromatic carbocycles. The molecule has 2 fully saturated rings. The van der Waals surface area contributed by atoms with Gasteiger partial charge in [-0.3, -0.25) is 9.59 Å². The van der Waals surface area contributed by atoms with Gasteiger partial charge in [0.2, 0.25) is 11.8 Å². The molecule has 0 N–H and O–H groups in total. The van der Waals surface area contributed by atoms with E-state index in [0.29, 0.717) is 38.8 Å². The molecule has 8 heteroatoms. The van der Waals surface area contributed by atoms with Crippen molar-refractivity contribution in [1.29, 1.82) is 0 Å². The summed E-state index contributed by atoms with van der Waals surface area (Å²) in [5.41, 5.74) is -1.50. The molecule has 2 heterocycles. The van der Waals surface area contributed by atoms with Crippen molar-refractivity contribution >= 4 is 11.8 Å². The molecular weight excluding hydrogens is 412 g/mol. The molecule has 1 spiro atoms. The molecule has 2 aromatic rings. The van der Waals surface area contributed by atoms with Gasteiger partial charge in [-0.25, -0.2) is 17.6 Å². The first-order valence-corrected chi connectivity index (χ1v) is 10.3. The highest BCUT2D eigenvalue weighted by molar-refractivity contribution is 6.05. The minimum absolute atomic E-state index is 0.0407. The number of hydrogen-bond donors (Lipinski definition) is 0. The molecule has 0 saturated carbocycles. The van der Waals surface area contributed by atoms with Crippen LogP contribution in [-0.4, -0.2) is 34.7 Å². The smallest absolute Gasteiger partial charge is 0.238 e. The second kappa shape index (κ2) is 8.32. The predicted molar refractivity (Wildman–Crippen MR) is 104 cm³/mol. The van der Waals surface area contributed by atoms with Gasteiger partial charge >= 0.3 is 0 Å². The van der Waals surface area contributed by atoms with E-state index in [0.717, 1.165) is 18.2 Å². The molecular formula is C23H22F4N2O2. The molecule has 0 radical (unpaired) electrons. The molecule has 1 atom stereocenters. The number of benzene rings is 2. The highest BCUT2D eigenvalue weighted by Gasteiger charge is 2.53. The van der Waals surface area contributed by atoms with Crippen molar-refractivity contribution in [3.63, 3.8) is 0 Å². The highest BCUT2D eigenvalue weighted by Crippen LogP contribution is 2.41. The average Bonchev–Trinajstić information content (AvgIpc) is 2.74. The summed E-state index contributed by atoms with van der Waals surface area (Å²) >= 11 is 0. The Balaban J connectivity index is 1.57. The fourth-order valence-corrected chi connectivity index (χ4v) is 4.65. The van der Waals surface area contributed by atoms with E-state index < -0.39 is 40.5 Å². The lowest BCUT2D eigenvalue weighted by Gasteiger charge is -2.46. The first-order chi connectivity index (χ1) is 14.8. The van der Waals surface area contributed by atoms with E-state index in [1.54, 1.807) is 0 Å². The maximum atomic E-state index is 14.1. The van der Waals surface area contributed by atoms with Crippen LogP contribution >= 0.6 is 0 Å². The van der Waals surface area contributed by atoms with Crippen LogP contribution in [0.15, 0.2) is 36.4 Å². The molecule has 4 rings (SSSR count). The van der Waals surface area contributed by atoms with E-state index in [1.165, 1.54) is 28.0 Å². The largest absolute Gasteiger partial charge is 0.337 e. The molecule has 2 aliphatic rings. The summed E-state index contributed by atoms with van der Waals surface area (Å²) in [6.07, 6.45) is 1.68. The Morgan fingerprint density at radius 3 is 1.87 bits per heavy atom. The Hall–Kier alpha value is -2.90. The Kier molecular flexibility index (Phi) is 5.73. The molecule has 2 aliphatic heterocycles. The van der Waals surface area contributed by atoms with Gasteiger partial charge in [-0.2, -0.15) is 0 Å². The van der Waals surface area contributed by atoms with Crippen molar-refractivity contribution in [3.8, 4) is 0 Å². The van der Waals surface area contributed by atoms with Crippen LogP contribution in [0.4, 0.5) is 17.6 Å². The second-order valence-corrected chi connectivity index (χ2v) is 8.16. The zero-order valence-electron chi connectivity index (χ0n) is 16.8. The van der Waals surface area contributed by atoms with Gasteiger partial charge in [0.25, 0.3) is 0 Å². The Morgan fingerprint density at radius 1 is 0.742 bits per heavy atom. The maximum absolute atomic E-state index is 14.1. The minimum Gasteiger partial charge on any atom is -0.337 e. The number of hydrogen-bond acceptors (Lipinski definition) is 2. The van der Waals surface area contributed by atoms with Gasteiger partial charge in [0.05, 0.1) is 6.54 Å². The van der Waals surface area contributed by atoms with Crippen LogP contribution in [0.5, 0.6) is 0 Å². The van der Waals surface area contributed by atoms with Crippen molar-refractivity contribution in [3.05, 3.63) is 70.8 Å². The van der Waals surface area contributed by atoms with Crippen LogP contribution in [0, 0.1) is 28.7 Å². The van der Waals surface area contributed by atoms with Crippen molar-refractivity contribution < 1.29 is 27.2 Å². The van der Waals surface area contributed by atoms with E-state index >= 15 is 0 Å². The van der Waals surface area contributed by atoms with Gasteiger partial charge < -0.3 is 9.80 Å². The molecule has 164 valence electrons. The summed E-state index contributed by atoms with van der Waals surface area (Å²) in [4.78, 5) is 29.4. The van der Waals surface area contributed by atoms with Crippen LogP contribution in [0.1, 0.15) is 36.8 Å². The van der Waals surface area contributed by atoms with Crippen LogP contribution in [0.3, 0.4) is 0 Å². The van der Waals surface area contributed by atoms with Gasteiger partial charge in [0, 0.05) is 30.8 Å². The van der Waals surface area contributed by atoms with Crippen LogP contribution in [-0.2, 0) is 22.7 Å². The zero-order chi connectivity index (χ0) is 22.2. The van der Waals surface area contributed by atoms with Crippen LogP contribution in [0.2, 0.25) is 0 Å². The summed E-state index contributed by atoms with van der Waals surface area (Å²) in [5.74, 6) is -4.40. The summed E-state index contributed by atoms with van der Waals surface area (Å²) in [7, 11) is 0. The molecule has 4 nitrogen and oxygen atoms in total. The number of nitrogens with zero attached hydrogens (tertiary/aromatic N) is 2. The Labute approximate surface area is 177 Å². The SMILES string of the molecule is O=C1N(Cc2cccc(F)c2F)CCCC12CCCN(Cc1c(F)cccc1F)C2=O. The van der Waals surface area contributed by atoms with Crippen molar-refractivity contribution in [1.82, 2.24) is 9.80 Å². The third-order valence-corrected chi connectivity index (χ3v) is 6.26. The van der Waals surface area contributed by atoms with Crippen molar-refractivity contribution in [2.45, 2.75) is 38.8 Å². The monoisotopic (exact) mass is 434 g/mol. The summed E-state index contributed by atoms with van der Waals surface area (Å²) in [5, 5.41) is 0. The number of carbonyl (C=O) groups is 2. The first kappa shape index (κ1) is 21.3. The fraction of sp³-hybridized carbons (Fsp3) is 0.391. The van der Waals surface area contributed by atoms with E-state index in [2.05, 4.69) is 0 Å². The third kappa shape index (κ3) is 3.79. The second-order valence-electron chi connectivity index (χ2n) is 8.16. The van der Waals surface area contributed by atoms with E-state index in [-0.39, 0.29) is 24.2 Å². The van der Waals surface area contributed by atoms with Gasteiger partial charge in [0.15, 0.2) is 11.6 Å². The van der Waals surface area contributed by atoms with Gasteiger partial charge in [-0.05, 0) is 43.9 Å². The van der Waals surface area contributed by atoms with Gasteiger partial charge in [0.1, 0.15) is 17.0 Å². The minimum atomic E-state index is -1.33. The zero-order valence-corrected chi connectivity index (χ0v) is 16.8. The summed E-state index contributed by atoms with van der Waals surface area (Å²) in [6.45, 7) is 0.218. The number of piperidine rings is 2. The van der Waals surface area contributed by atoms with E-state index in [1.807, 2.05) is 0 Å². The van der Waals surface area contributed by atoms with Crippen LogP contribution in [0.25, 0.3) is 0 Å². The van der Waals surface area contributed by atoms with Crippen LogP contribution < -0.4 is 0 Å². The Morgan fingerprint density at radius 2 is 1.26 bits per heavy atom. The molecule has 2 saturated heterocycles. The van der Waals surface area contributed by atoms with Gasteiger partial charge in [-0.1, -0.05) is 18.2 Å². The topological polar surface area (TPSA) is 40.6 Å². The summed E-state index contributed by atoms with van der Waals surface area (Å²) in [6, 6.07) is 7.29. The molecule has 2 amide bonds. The average molecular weight is 434 g/mol. The number of amides is 2. The number of carbonyl (C=O) groups excluding carboxylic acids is 2. The third-order valence-electron chi connectivity index (χ3n) is 6.26. The number of rotatable bonds is 4. The molecule has 31 heavy (non-hydrogen) atoms. The van der Waals surface area contributed by atoms with Gasteiger partial charge in [-0.15, -0.1) is 0 Å².